The second-order valence-corrected chi connectivity index (χ2v) is 4.78. The molecule has 118 valence electrons. The number of unbranched alkanes of at least 4 members (excludes halogenated alkanes) is 4. The Morgan fingerprint density at radius 1 is 1.00 bits per heavy atom. The maximum absolute atomic E-state index is 8.57. The number of aliphatic hydroxyl groups excluding tert-OH is 1. The van der Waals surface area contributed by atoms with Gasteiger partial charge in [0.2, 0.25) is 0 Å². The average molecular weight is 286 g/mol. The molecule has 0 spiro atoms. The zero-order chi connectivity index (χ0) is 14.9. The van der Waals surface area contributed by atoms with E-state index in [2.05, 4.69) is 18.8 Å². The molecule has 0 fully saturated rings. The van der Waals surface area contributed by atoms with E-state index in [1.54, 1.807) is 7.11 Å². The van der Waals surface area contributed by atoms with E-state index in [9.17, 15) is 0 Å². The van der Waals surface area contributed by atoms with Crippen molar-refractivity contribution >= 4 is 0 Å². The van der Waals surface area contributed by atoms with Gasteiger partial charge in [-0.3, -0.25) is 0 Å². The normalized spacial score (nSPS) is 11.9. The molecule has 0 aromatic carbocycles. The Balaban J connectivity index is 3.19. The number of aliphatic hydroxyl groups is 1. The van der Waals surface area contributed by atoms with Gasteiger partial charge in [0.1, 0.15) is 6.79 Å². The Hall–Kier alpha value is -0.600. The van der Waals surface area contributed by atoms with Crippen LogP contribution in [0.5, 0.6) is 0 Å². The van der Waals surface area contributed by atoms with Gasteiger partial charge in [-0.1, -0.05) is 19.3 Å². The summed E-state index contributed by atoms with van der Waals surface area (Å²) in [6.45, 7) is 3.80. The first-order valence-corrected chi connectivity index (χ1v) is 7.56. The van der Waals surface area contributed by atoms with Crippen LogP contribution in [0.1, 0.15) is 51.9 Å². The summed E-state index contributed by atoms with van der Waals surface area (Å²) in [6.07, 6.45) is 7.63. The molecule has 0 aromatic heterocycles. The van der Waals surface area contributed by atoms with Crippen LogP contribution in [0.25, 0.3) is 0 Å². The van der Waals surface area contributed by atoms with Gasteiger partial charge >= 0.3 is 0 Å². The molecule has 0 heterocycles. The summed E-state index contributed by atoms with van der Waals surface area (Å²) >= 11 is 0. The Labute approximate surface area is 123 Å². The lowest BCUT2D eigenvalue weighted by Crippen LogP contribution is -2.13. The summed E-state index contributed by atoms with van der Waals surface area (Å²) in [4.78, 5) is 0. The fourth-order valence-corrected chi connectivity index (χ4v) is 1.68. The SMILES string of the molecule is COCCOCOC(C)CCCCCCC#CCCO. The van der Waals surface area contributed by atoms with Crippen LogP contribution < -0.4 is 0 Å². The molecule has 0 saturated carbocycles. The number of hydrogen-bond donors (Lipinski definition) is 1. The van der Waals surface area contributed by atoms with Crippen molar-refractivity contribution in [2.75, 3.05) is 33.7 Å². The topological polar surface area (TPSA) is 47.9 Å². The molecule has 0 radical (unpaired) electrons. The minimum Gasteiger partial charge on any atom is -0.395 e. The maximum atomic E-state index is 8.57. The van der Waals surface area contributed by atoms with Crippen LogP contribution in [0.3, 0.4) is 0 Å². The van der Waals surface area contributed by atoms with Gasteiger partial charge in [-0.2, -0.15) is 0 Å². The van der Waals surface area contributed by atoms with Crippen molar-refractivity contribution in [2.45, 2.75) is 58.0 Å². The van der Waals surface area contributed by atoms with Gasteiger partial charge in [-0.05, 0) is 19.8 Å². The highest BCUT2D eigenvalue weighted by atomic mass is 16.7. The van der Waals surface area contributed by atoms with Crippen LogP contribution in [0, 0.1) is 11.8 Å². The van der Waals surface area contributed by atoms with E-state index in [1.807, 2.05) is 0 Å². The Morgan fingerprint density at radius 3 is 2.50 bits per heavy atom. The van der Waals surface area contributed by atoms with Gasteiger partial charge in [0.15, 0.2) is 0 Å². The van der Waals surface area contributed by atoms with Gasteiger partial charge in [0, 0.05) is 20.0 Å². The van der Waals surface area contributed by atoms with E-state index in [0.29, 0.717) is 26.4 Å². The van der Waals surface area contributed by atoms with Crippen molar-refractivity contribution in [3.05, 3.63) is 0 Å². The third-order valence-electron chi connectivity index (χ3n) is 2.89. The van der Waals surface area contributed by atoms with E-state index in [4.69, 9.17) is 19.3 Å². The predicted octanol–water partition coefficient (Wildman–Crippen LogP) is 2.74. The lowest BCUT2D eigenvalue weighted by molar-refractivity contribution is -0.0944. The van der Waals surface area contributed by atoms with Gasteiger partial charge in [-0.15, -0.1) is 11.8 Å². The van der Waals surface area contributed by atoms with Crippen LogP contribution in [0.2, 0.25) is 0 Å². The van der Waals surface area contributed by atoms with E-state index >= 15 is 0 Å². The van der Waals surface area contributed by atoms with Crippen LogP contribution in [-0.4, -0.2) is 44.9 Å². The fourth-order valence-electron chi connectivity index (χ4n) is 1.68. The lowest BCUT2D eigenvalue weighted by atomic mass is 10.1. The van der Waals surface area contributed by atoms with Crippen molar-refractivity contribution in [1.29, 1.82) is 0 Å². The molecule has 20 heavy (non-hydrogen) atoms. The summed E-state index contributed by atoms with van der Waals surface area (Å²) in [5.41, 5.74) is 0. The molecule has 0 aliphatic rings. The molecule has 4 heteroatoms. The highest BCUT2D eigenvalue weighted by Gasteiger charge is 2.01. The molecule has 0 aliphatic heterocycles. The Morgan fingerprint density at radius 2 is 1.75 bits per heavy atom. The van der Waals surface area contributed by atoms with Crippen LogP contribution in [0.15, 0.2) is 0 Å². The van der Waals surface area contributed by atoms with Crippen molar-refractivity contribution in [3.8, 4) is 11.8 Å². The molecule has 1 unspecified atom stereocenters. The van der Waals surface area contributed by atoms with Crippen LogP contribution in [0.4, 0.5) is 0 Å². The quantitative estimate of drug-likeness (QED) is 0.321. The van der Waals surface area contributed by atoms with Gasteiger partial charge in [0.05, 0.1) is 25.9 Å². The van der Waals surface area contributed by atoms with Crippen molar-refractivity contribution in [1.82, 2.24) is 0 Å². The average Bonchev–Trinajstić information content (AvgIpc) is 2.45. The molecule has 4 nitrogen and oxygen atoms in total. The molecule has 0 amide bonds. The molecule has 0 rings (SSSR count). The van der Waals surface area contributed by atoms with Crippen LogP contribution in [-0.2, 0) is 14.2 Å². The standard InChI is InChI=1S/C16H30O4/c1-16(20-15-19-14-13-18-2)11-9-7-5-3-4-6-8-10-12-17/h16-17H,3-5,7,9-15H2,1-2H3. The second kappa shape index (κ2) is 16.5. The summed E-state index contributed by atoms with van der Waals surface area (Å²) in [5.74, 6) is 6.01. The summed E-state index contributed by atoms with van der Waals surface area (Å²) in [5, 5.41) is 8.57. The van der Waals surface area contributed by atoms with E-state index in [0.717, 1.165) is 19.3 Å². The first kappa shape index (κ1) is 19.4. The molecule has 1 N–H and O–H groups in total. The molecule has 0 bridgehead atoms. The van der Waals surface area contributed by atoms with Crippen molar-refractivity contribution in [3.63, 3.8) is 0 Å². The zero-order valence-corrected chi connectivity index (χ0v) is 13.0. The molecular formula is C16H30O4. The summed E-state index contributed by atoms with van der Waals surface area (Å²) in [6, 6.07) is 0. The van der Waals surface area contributed by atoms with E-state index < -0.39 is 0 Å². The highest BCUT2D eigenvalue weighted by molar-refractivity contribution is 4.98. The molecule has 0 saturated heterocycles. The number of hydrogen-bond acceptors (Lipinski definition) is 4. The van der Waals surface area contributed by atoms with Gasteiger partial charge < -0.3 is 19.3 Å². The molecule has 0 aromatic rings. The zero-order valence-electron chi connectivity index (χ0n) is 13.0. The second-order valence-electron chi connectivity index (χ2n) is 4.78. The minimum absolute atomic E-state index is 0.167. The predicted molar refractivity (Wildman–Crippen MR) is 80.4 cm³/mol. The maximum Gasteiger partial charge on any atom is 0.147 e. The van der Waals surface area contributed by atoms with Crippen molar-refractivity contribution < 1.29 is 19.3 Å². The third-order valence-corrected chi connectivity index (χ3v) is 2.89. The van der Waals surface area contributed by atoms with Gasteiger partial charge in [0.25, 0.3) is 0 Å². The fraction of sp³-hybridized carbons (Fsp3) is 0.875. The summed E-state index contributed by atoms with van der Waals surface area (Å²) in [7, 11) is 1.66. The number of rotatable bonds is 13. The molecular weight excluding hydrogens is 256 g/mol. The Kier molecular flexibility index (Phi) is 16.0. The third kappa shape index (κ3) is 15.5. The minimum atomic E-state index is 0.167. The smallest absolute Gasteiger partial charge is 0.147 e. The first-order chi connectivity index (χ1) is 9.81. The first-order valence-electron chi connectivity index (χ1n) is 7.56. The van der Waals surface area contributed by atoms with Crippen molar-refractivity contribution in [2.24, 2.45) is 0 Å². The van der Waals surface area contributed by atoms with Crippen LogP contribution >= 0.6 is 0 Å². The van der Waals surface area contributed by atoms with Gasteiger partial charge in [-0.25, -0.2) is 0 Å². The Bertz CT molecular complexity index is 245. The number of methoxy groups -OCH3 is 1. The largest absolute Gasteiger partial charge is 0.395 e. The molecule has 1 atom stereocenters. The van der Waals surface area contributed by atoms with E-state index in [-0.39, 0.29) is 12.7 Å². The lowest BCUT2D eigenvalue weighted by Gasteiger charge is -2.12. The highest BCUT2D eigenvalue weighted by Crippen LogP contribution is 2.09. The monoisotopic (exact) mass is 286 g/mol. The summed E-state index contributed by atoms with van der Waals surface area (Å²) < 4.78 is 15.7. The molecule has 0 aliphatic carbocycles. The van der Waals surface area contributed by atoms with E-state index in [1.165, 1.54) is 19.3 Å². The number of ether oxygens (including phenoxy) is 3.